The first-order valence-electron chi connectivity index (χ1n) is 7.68. The van der Waals surface area contributed by atoms with Crippen molar-refractivity contribution in [1.29, 1.82) is 0 Å². The van der Waals surface area contributed by atoms with Gasteiger partial charge in [-0.05, 0) is 48.4 Å². The number of fused-ring (bicyclic) bond motifs is 3. The van der Waals surface area contributed by atoms with E-state index in [9.17, 15) is 9.59 Å². The largest absolute Gasteiger partial charge is 0.365 e. The van der Waals surface area contributed by atoms with Gasteiger partial charge in [-0.3, -0.25) is 0 Å². The Kier molecular flexibility index (Phi) is 3.55. The molecule has 0 spiro atoms. The van der Waals surface area contributed by atoms with Crippen LogP contribution < -0.4 is 0 Å². The lowest BCUT2D eigenvalue weighted by Crippen LogP contribution is -2.33. The molecular weight excluding hydrogens is 280 g/mol. The van der Waals surface area contributed by atoms with Crippen molar-refractivity contribution in [2.24, 2.45) is 5.92 Å². The second-order valence-electron chi connectivity index (χ2n) is 6.53. The van der Waals surface area contributed by atoms with Crippen molar-refractivity contribution in [2.45, 2.75) is 45.4 Å². The van der Waals surface area contributed by atoms with Crippen molar-refractivity contribution >= 4 is 18.0 Å². The zero-order chi connectivity index (χ0) is 15.9. The fourth-order valence-electron chi connectivity index (χ4n) is 3.20. The molecule has 0 saturated heterocycles. The molecule has 4 heteroatoms. The highest BCUT2D eigenvalue weighted by molar-refractivity contribution is 5.85. The topological polar surface area (TPSA) is 52.6 Å². The van der Waals surface area contributed by atoms with E-state index in [0.717, 1.165) is 18.4 Å². The van der Waals surface area contributed by atoms with Gasteiger partial charge in [0.05, 0.1) is 11.3 Å². The zero-order valence-electron chi connectivity index (χ0n) is 13.1. The molecule has 0 N–H and O–H groups in total. The van der Waals surface area contributed by atoms with E-state index < -0.39 is 17.4 Å². The molecule has 0 radical (unpaired) electrons. The minimum Gasteiger partial charge on any atom is -0.247 e. The van der Waals surface area contributed by atoms with E-state index in [1.807, 2.05) is 13.0 Å². The summed E-state index contributed by atoms with van der Waals surface area (Å²) in [6.07, 6.45) is 6.71. The van der Waals surface area contributed by atoms with Crippen molar-refractivity contribution in [3.05, 3.63) is 40.5 Å². The van der Waals surface area contributed by atoms with Gasteiger partial charge in [0.2, 0.25) is 0 Å². The number of rotatable bonds is 2. The molecule has 116 valence electrons. The highest BCUT2D eigenvalue weighted by Gasteiger charge is 2.45. The molecule has 2 aliphatic rings. The van der Waals surface area contributed by atoms with Crippen LogP contribution in [0.5, 0.6) is 0 Å². The van der Waals surface area contributed by atoms with Crippen LogP contribution in [0.2, 0.25) is 0 Å². The molecule has 1 aromatic carbocycles. The Morgan fingerprint density at radius 2 is 1.95 bits per heavy atom. The van der Waals surface area contributed by atoms with Crippen molar-refractivity contribution in [3.63, 3.8) is 0 Å². The maximum Gasteiger partial charge on any atom is 0.365 e. The van der Waals surface area contributed by atoms with Gasteiger partial charge in [-0.15, -0.1) is 0 Å². The van der Waals surface area contributed by atoms with E-state index in [4.69, 9.17) is 4.89 Å². The number of allylic oxidation sites excluding steroid dienone is 1. The average molecular weight is 300 g/mol. The fraction of sp³-hybridized carbons (Fsp3) is 0.444. The fourth-order valence-corrected chi connectivity index (χ4v) is 3.20. The molecule has 2 aliphatic carbocycles. The SMILES string of the molecule is CC(C)C(=O)OOC(=O)C1(C)CCc2c1ccc1c2CC=C1. The molecule has 0 bridgehead atoms. The Labute approximate surface area is 130 Å². The lowest BCUT2D eigenvalue weighted by atomic mass is 9.83. The van der Waals surface area contributed by atoms with E-state index in [1.54, 1.807) is 13.8 Å². The van der Waals surface area contributed by atoms with Gasteiger partial charge < -0.3 is 0 Å². The molecule has 1 atom stereocenters. The maximum atomic E-state index is 12.4. The number of hydrogen-bond donors (Lipinski definition) is 0. The zero-order valence-corrected chi connectivity index (χ0v) is 13.1. The third-order valence-electron chi connectivity index (χ3n) is 4.68. The van der Waals surface area contributed by atoms with Crippen LogP contribution in [0.3, 0.4) is 0 Å². The monoisotopic (exact) mass is 300 g/mol. The molecular formula is C18H20O4. The van der Waals surface area contributed by atoms with Crippen molar-refractivity contribution in [2.75, 3.05) is 0 Å². The molecule has 0 aliphatic heterocycles. The Balaban J connectivity index is 1.82. The summed E-state index contributed by atoms with van der Waals surface area (Å²) in [5, 5.41) is 0. The Morgan fingerprint density at radius 1 is 1.18 bits per heavy atom. The molecule has 0 saturated carbocycles. The van der Waals surface area contributed by atoms with Crippen LogP contribution in [0.1, 0.15) is 49.4 Å². The molecule has 4 nitrogen and oxygen atoms in total. The predicted molar refractivity (Wildman–Crippen MR) is 81.9 cm³/mol. The van der Waals surface area contributed by atoms with Crippen LogP contribution in [0.15, 0.2) is 18.2 Å². The number of benzene rings is 1. The molecule has 0 heterocycles. The van der Waals surface area contributed by atoms with Gasteiger partial charge in [-0.1, -0.05) is 38.1 Å². The minimum absolute atomic E-state index is 0.328. The summed E-state index contributed by atoms with van der Waals surface area (Å²) in [5.41, 5.74) is 4.05. The van der Waals surface area contributed by atoms with Gasteiger partial charge in [0.25, 0.3) is 0 Å². The smallest absolute Gasteiger partial charge is 0.247 e. The summed E-state index contributed by atoms with van der Waals surface area (Å²) in [5.74, 6) is -1.36. The van der Waals surface area contributed by atoms with E-state index >= 15 is 0 Å². The number of carbonyl (C=O) groups excluding carboxylic acids is 2. The summed E-state index contributed by atoms with van der Waals surface area (Å²) in [6.45, 7) is 5.25. The van der Waals surface area contributed by atoms with E-state index in [2.05, 4.69) is 23.1 Å². The van der Waals surface area contributed by atoms with Gasteiger partial charge in [0, 0.05) is 0 Å². The lowest BCUT2D eigenvalue weighted by molar-refractivity contribution is -0.265. The maximum absolute atomic E-state index is 12.4. The van der Waals surface area contributed by atoms with Gasteiger partial charge in [0.15, 0.2) is 0 Å². The molecule has 0 fully saturated rings. The summed E-state index contributed by atoms with van der Waals surface area (Å²) < 4.78 is 0. The van der Waals surface area contributed by atoms with Crippen LogP contribution >= 0.6 is 0 Å². The van der Waals surface area contributed by atoms with E-state index in [0.29, 0.717) is 6.42 Å². The van der Waals surface area contributed by atoms with Gasteiger partial charge in [-0.25, -0.2) is 19.4 Å². The average Bonchev–Trinajstić information content (AvgIpc) is 3.09. The van der Waals surface area contributed by atoms with Crippen molar-refractivity contribution in [3.8, 4) is 0 Å². The molecule has 1 aromatic rings. The highest BCUT2D eigenvalue weighted by Crippen LogP contribution is 2.43. The molecule has 1 unspecified atom stereocenters. The van der Waals surface area contributed by atoms with Crippen molar-refractivity contribution in [1.82, 2.24) is 0 Å². The molecule has 0 aromatic heterocycles. The van der Waals surface area contributed by atoms with Gasteiger partial charge >= 0.3 is 11.9 Å². The van der Waals surface area contributed by atoms with Crippen LogP contribution in [-0.4, -0.2) is 11.9 Å². The first kappa shape index (κ1) is 14.8. The van der Waals surface area contributed by atoms with E-state index in [1.165, 1.54) is 16.7 Å². The second-order valence-corrected chi connectivity index (χ2v) is 6.53. The normalized spacial score (nSPS) is 21.6. The number of hydrogen-bond acceptors (Lipinski definition) is 4. The van der Waals surface area contributed by atoms with Gasteiger partial charge in [0.1, 0.15) is 0 Å². The summed E-state index contributed by atoms with van der Waals surface area (Å²) in [7, 11) is 0. The predicted octanol–water partition coefficient (Wildman–Crippen LogP) is 3.12. The van der Waals surface area contributed by atoms with Crippen molar-refractivity contribution < 1.29 is 19.4 Å². The summed E-state index contributed by atoms with van der Waals surface area (Å²) in [6, 6.07) is 4.05. The first-order chi connectivity index (χ1) is 10.4. The molecule has 22 heavy (non-hydrogen) atoms. The molecule has 0 amide bonds. The number of carbonyl (C=O) groups is 2. The lowest BCUT2D eigenvalue weighted by Gasteiger charge is -2.22. The standard InChI is InChI=1S/C18H20O4/c1-11(2)16(19)21-22-17(20)18(3)10-9-14-13-6-4-5-12(13)7-8-15(14)18/h4-5,7-8,11H,6,9-10H2,1-3H3. The summed E-state index contributed by atoms with van der Waals surface area (Å²) >= 11 is 0. The quantitative estimate of drug-likeness (QED) is 0.622. The third kappa shape index (κ3) is 2.23. The Bertz CT molecular complexity index is 672. The first-order valence-corrected chi connectivity index (χ1v) is 7.68. The van der Waals surface area contributed by atoms with E-state index in [-0.39, 0.29) is 5.92 Å². The van der Waals surface area contributed by atoms with Crippen LogP contribution in [0.25, 0.3) is 6.08 Å². The van der Waals surface area contributed by atoms with Crippen LogP contribution in [0, 0.1) is 5.92 Å². The second kappa shape index (κ2) is 5.27. The Hall–Kier alpha value is -2.10. The van der Waals surface area contributed by atoms with Gasteiger partial charge in [-0.2, -0.15) is 0 Å². The Morgan fingerprint density at radius 3 is 2.68 bits per heavy atom. The minimum atomic E-state index is -0.746. The highest BCUT2D eigenvalue weighted by atomic mass is 17.2. The van der Waals surface area contributed by atoms with Crippen LogP contribution in [-0.2, 0) is 37.6 Å². The molecule has 3 rings (SSSR count). The third-order valence-corrected chi connectivity index (χ3v) is 4.68. The summed E-state index contributed by atoms with van der Waals surface area (Å²) in [4.78, 5) is 33.4. The van der Waals surface area contributed by atoms with Crippen LogP contribution in [0.4, 0.5) is 0 Å².